The van der Waals surface area contributed by atoms with Crippen LogP contribution in [0.25, 0.3) is 0 Å². The second kappa shape index (κ2) is 9.59. The fourth-order valence-corrected chi connectivity index (χ4v) is 4.06. The quantitative estimate of drug-likeness (QED) is 0.591. The van der Waals surface area contributed by atoms with Gasteiger partial charge in [0.15, 0.2) is 5.96 Å². The number of likely N-dealkylation sites (tertiary alicyclic amines) is 1. The fraction of sp³-hybridized carbons (Fsp3) is 0.450. The topological polar surface area (TPSA) is 39.7 Å². The van der Waals surface area contributed by atoms with E-state index in [4.69, 9.17) is 0 Å². The highest BCUT2D eigenvalue weighted by Gasteiger charge is 2.24. The molecule has 4 nitrogen and oxygen atoms in total. The van der Waals surface area contributed by atoms with Gasteiger partial charge < -0.3 is 10.6 Å². The molecular weight excluding hydrogens is 328 g/mol. The van der Waals surface area contributed by atoms with Gasteiger partial charge in [0.1, 0.15) is 0 Å². The molecule has 0 amide bonds. The third-order valence-corrected chi connectivity index (χ3v) is 5.64. The van der Waals surface area contributed by atoms with Crippen LogP contribution in [0, 0.1) is 0 Å². The minimum absolute atomic E-state index is 0.580. The largest absolute Gasteiger partial charge is 0.356 e. The molecular formula is C20H28N4S. The summed E-state index contributed by atoms with van der Waals surface area (Å²) in [5, 5.41) is 9.06. The van der Waals surface area contributed by atoms with Crippen molar-refractivity contribution in [3.63, 3.8) is 0 Å². The molecule has 1 aliphatic rings. The second-order valence-corrected chi connectivity index (χ2v) is 7.49. The number of nitrogens with zero attached hydrogens (tertiary/aromatic N) is 2. The number of guanidine groups is 1. The third kappa shape index (κ3) is 5.58. The molecule has 134 valence electrons. The van der Waals surface area contributed by atoms with Crippen LogP contribution >= 0.6 is 11.3 Å². The van der Waals surface area contributed by atoms with Crippen LogP contribution in [-0.2, 0) is 13.0 Å². The third-order valence-electron chi connectivity index (χ3n) is 4.70. The average Bonchev–Trinajstić information content (AvgIpc) is 3.31. The van der Waals surface area contributed by atoms with Crippen LogP contribution in [-0.4, -0.2) is 43.6 Å². The molecule has 1 saturated heterocycles. The molecule has 0 bridgehead atoms. The Hall–Kier alpha value is -1.85. The van der Waals surface area contributed by atoms with E-state index in [1.54, 1.807) is 0 Å². The van der Waals surface area contributed by atoms with Crippen LogP contribution in [0.3, 0.4) is 0 Å². The Morgan fingerprint density at radius 2 is 2.08 bits per heavy atom. The van der Waals surface area contributed by atoms with Gasteiger partial charge in [-0.25, -0.2) is 0 Å². The van der Waals surface area contributed by atoms with Crippen molar-refractivity contribution in [3.8, 4) is 0 Å². The summed E-state index contributed by atoms with van der Waals surface area (Å²) >= 11 is 1.81. The maximum Gasteiger partial charge on any atom is 0.191 e. The molecule has 0 radical (unpaired) electrons. The Morgan fingerprint density at radius 3 is 2.84 bits per heavy atom. The van der Waals surface area contributed by atoms with Gasteiger partial charge in [-0.05, 0) is 42.8 Å². The fourth-order valence-electron chi connectivity index (χ4n) is 3.35. The van der Waals surface area contributed by atoms with Gasteiger partial charge in [0.2, 0.25) is 0 Å². The number of rotatable bonds is 7. The van der Waals surface area contributed by atoms with E-state index in [2.05, 4.69) is 68.4 Å². The molecule has 1 fully saturated rings. The normalized spacial score (nSPS) is 18.4. The highest BCUT2D eigenvalue weighted by molar-refractivity contribution is 7.09. The number of thiophene rings is 1. The zero-order valence-corrected chi connectivity index (χ0v) is 15.8. The molecule has 2 N–H and O–H groups in total. The van der Waals surface area contributed by atoms with Crippen LogP contribution in [0.15, 0.2) is 52.8 Å². The van der Waals surface area contributed by atoms with E-state index in [0.29, 0.717) is 6.04 Å². The summed E-state index contributed by atoms with van der Waals surface area (Å²) in [7, 11) is 1.84. The van der Waals surface area contributed by atoms with Crippen molar-refractivity contribution in [3.05, 3.63) is 58.3 Å². The monoisotopic (exact) mass is 356 g/mol. The van der Waals surface area contributed by atoms with Crippen molar-refractivity contribution in [1.82, 2.24) is 15.5 Å². The van der Waals surface area contributed by atoms with Gasteiger partial charge in [-0.15, -0.1) is 11.3 Å². The molecule has 2 heterocycles. The van der Waals surface area contributed by atoms with E-state index in [1.165, 1.54) is 29.8 Å². The first-order chi connectivity index (χ1) is 12.3. The maximum atomic E-state index is 4.36. The summed E-state index contributed by atoms with van der Waals surface area (Å²) in [5.41, 5.74) is 1.40. The van der Waals surface area contributed by atoms with Crippen LogP contribution in [0.2, 0.25) is 0 Å². The average molecular weight is 357 g/mol. The van der Waals surface area contributed by atoms with E-state index in [9.17, 15) is 0 Å². The first-order valence-electron chi connectivity index (χ1n) is 9.10. The number of aliphatic imine (C=N–C) groups is 1. The number of hydrogen-bond acceptors (Lipinski definition) is 3. The first kappa shape index (κ1) is 18.0. The maximum absolute atomic E-state index is 4.36. The van der Waals surface area contributed by atoms with E-state index in [0.717, 1.165) is 32.0 Å². The highest BCUT2D eigenvalue weighted by atomic mass is 32.1. The lowest BCUT2D eigenvalue weighted by molar-refractivity contribution is 0.245. The molecule has 0 saturated carbocycles. The molecule has 1 unspecified atom stereocenters. The van der Waals surface area contributed by atoms with Gasteiger partial charge in [0, 0.05) is 37.6 Å². The Kier molecular flexibility index (Phi) is 6.89. The van der Waals surface area contributed by atoms with E-state index >= 15 is 0 Å². The Balaban J connectivity index is 1.42. The smallest absolute Gasteiger partial charge is 0.191 e. The predicted molar refractivity (Wildman–Crippen MR) is 107 cm³/mol. The lowest BCUT2D eigenvalue weighted by Crippen LogP contribution is -2.45. The first-order valence-corrected chi connectivity index (χ1v) is 9.98. The Bertz CT molecular complexity index is 639. The van der Waals surface area contributed by atoms with Gasteiger partial charge in [0.05, 0.1) is 0 Å². The van der Waals surface area contributed by atoms with Crippen molar-refractivity contribution in [1.29, 1.82) is 0 Å². The molecule has 5 heteroatoms. The molecule has 2 aromatic rings. The number of nitrogens with one attached hydrogen (secondary N) is 2. The number of benzene rings is 1. The van der Waals surface area contributed by atoms with Crippen molar-refractivity contribution >= 4 is 17.3 Å². The SMILES string of the molecule is CN=C(NCCc1cccs1)NCC1CCCN1Cc1ccccc1. The van der Waals surface area contributed by atoms with Crippen molar-refractivity contribution < 1.29 is 0 Å². The van der Waals surface area contributed by atoms with E-state index in [-0.39, 0.29) is 0 Å². The van der Waals surface area contributed by atoms with Gasteiger partial charge >= 0.3 is 0 Å². The molecule has 1 atom stereocenters. The summed E-state index contributed by atoms with van der Waals surface area (Å²) in [6, 6.07) is 15.6. The number of hydrogen-bond donors (Lipinski definition) is 2. The molecule has 1 aliphatic heterocycles. The minimum atomic E-state index is 0.580. The zero-order chi connectivity index (χ0) is 17.3. The standard InChI is InChI=1S/C20H28N4S/c1-21-20(22-12-11-19-10-6-14-25-19)23-15-18-9-5-13-24(18)16-17-7-3-2-4-8-17/h2-4,6-8,10,14,18H,5,9,11-13,15-16H2,1H3,(H2,21,22,23). The molecule has 1 aromatic carbocycles. The van der Waals surface area contributed by atoms with Gasteiger partial charge in [-0.3, -0.25) is 9.89 Å². The summed E-state index contributed by atoms with van der Waals surface area (Å²) in [4.78, 5) is 8.35. The van der Waals surface area contributed by atoms with Gasteiger partial charge in [-0.2, -0.15) is 0 Å². The minimum Gasteiger partial charge on any atom is -0.356 e. The molecule has 25 heavy (non-hydrogen) atoms. The molecule has 1 aromatic heterocycles. The lowest BCUT2D eigenvalue weighted by atomic mass is 10.2. The summed E-state index contributed by atoms with van der Waals surface area (Å²) < 4.78 is 0. The zero-order valence-electron chi connectivity index (χ0n) is 14.9. The molecule has 0 spiro atoms. The lowest BCUT2D eigenvalue weighted by Gasteiger charge is -2.25. The second-order valence-electron chi connectivity index (χ2n) is 6.46. The molecule has 3 rings (SSSR count). The predicted octanol–water partition coefficient (Wildman–Crippen LogP) is 3.12. The summed E-state index contributed by atoms with van der Waals surface area (Å²) in [5.74, 6) is 0.906. The molecule has 0 aliphatic carbocycles. The summed E-state index contributed by atoms with van der Waals surface area (Å²) in [6.45, 7) is 4.09. The van der Waals surface area contributed by atoms with Crippen LogP contribution in [0.4, 0.5) is 0 Å². The highest BCUT2D eigenvalue weighted by Crippen LogP contribution is 2.19. The van der Waals surface area contributed by atoms with Gasteiger partial charge in [-0.1, -0.05) is 36.4 Å². The van der Waals surface area contributed by atoms with Crippen LogP contribution in [0.5, 0.6) is 0 Å². The van der Waals surface area contributed by atoms with Crippen molar-refractivity contribution in [2.45, 2.75) is 31.8 Å². The van der Waals surface area contributed by atoms with Crippen molar-refractivity contribution in [2.75, 3.05) is 26.7 Å². The van der Waals surface area contributed by atoms with E-state index < -0.39 is 0 Å². The Labute approximate surface area is 155 Å². The van der Waals surface area contributed by atoms with Crippen molar-refractivity contribution in [2.24, 2.45) is 4.99 Å². The Morgan fingerprint density at radius 1 is 1.20 bits per heavy atom. The summed E-state index contributed by atoms with van der Waals surface area (Å²) in [6.07, 6.45) is 3.58. The van der Waals surface area contributed by atoms with E-state index in [1.807, 2.05) is 18.4 Å². The van der Waals surface area contributed by atoms with Gasteiger partial charge in [0.25, 0.3) is 0 Å². The van der Waals surface area contributed by atoms with Crippen LogP contribution < -0.4 is 10.6 Å². The van der Waals surface area contributed by atoms with Crippen LogP contribution in [0.1, 0.15) is 23.3 Å².